The summed E-state index contributed by atoms with van der Waals surface area (Å²) in [6.45, 7) is 0. The Labute approximate surface area is 117 Å². The van der Waals surface area contributed by atoms with Gasteiger partial charge in [0.25, 0.3) is 0 Å². The van der Waals surface area contributed by atoms with Crippen molar-refractivity contribution in [2.45, 2.75) is 10.9 Å². The summed E-state index contributed by atoms with van der Waals surface area (Å²) in [5.41, 5.74) is 7.34. The normalized spacial score (nSPS) is 10.3. The molecule has 18 heavy (non-hydrogen) atoms. The lowest BCUT2D eigenvalue weighted by molar-refractivity contribution is 0.796. The molecule has 0 saturated carbocycles. The van der Waals surface area contributed by atoms with Gasteiger partial charge in [0, 0.05) is 17.3 Å². The molecule has 1 aromatic carbocycles. The third-order valence-electron chi connectivity index (χ3n) is 2.41. The number of anilines is 1. The summed E-state index contributed by atoms with van der Waals surface area (Å²) in [5.74, 6) is 1.13. The highest BCUT2D eigenvalue weighted by Crippen LogP contribution is 2.26. The summed E-state index contributed by atoms with van der Waals surface area (Å²) in [4.78, 5) is 0. The van der Waals surface area contributed by atoms with Gasteiger partial charge in [-0.1, -0.05) is 33.8 Å². The molecule has 0 aliphatic rings. The number of aromatic nitrogens is 3. The second-order valence-electron chi connectivity index (χ2n) is 3.61. The van der Waals surface area contributed by atoms with Gasteiger partial charge < -0.3 is 5.73 Å². The van der Waals surface area contributed by atoms with E-state index in [0.29, 0.717) is 11.5 Å². The van der Waals surface area contributed by atoms with Crippen molar-refractivity contribution >= 4 is 33.6 Å². The first-order valence-corrected chi connectivity index (χ1v) is 6.86. The molecule has 0 unspecified atom stereocenters. The van der Waals surface area contributed by atoms with Crippen molar-refractivity contribution in [3.8, 4) is 6.07 Å². The second kappa shape index (κ2) is 5.42. The molecule has 2 rings (SSSR count). The summed E-state index contributed by atoms with van der Waals surface area (Å²) >= 11 is 5.00. The third-order valence-corrected chi connectivity index (χ3v) is 4.21. The highest BCUT2D eigenvalue weighted by molar-refractivity contribution is 9.10. The monoisotopic (exact) mass is 323 g/mol. The van der Waals surface area contributed by atoms with Crippen LogP contribution in [0.1, 0.15) is 11.1 Å². The van der Waals surface area contributed by atoms with E-state index in [1.165, 1.54) is 0 Å². The van der Waals surface area contributed by atoms with Gasteiger partial charge in [-0.2, -0.15) is 5.26 Å². The average Bonchev–Trinajstić information content (AvgIpc) is 2.68. The molecular weight excluding hydrogens is 314 g/mol. The Bertz CT molecular complexity index is 616. The lowest BCUT2D eigenvalue weighted by Gasteiger charge is -2.04. The fraction of sp³-hybridized carbons (Fsp3) is 0.182. The Morgan fingerprint density at radius 3 is 2.83 bits per heavy atom. The standard InChI is InChI=1S/C11H10BrN5S/c1-17-10(14)15-16-11(17)18-6-8-3-2-7(5-13)4-9(8)12/h2-4H,6H2,1H3,(H2,14,15). The first-order chi connectivity index (χ1) is 8.61. The molecule has 0 saturated heterocycles. The molecule has 0 aliphatic carbocycles. The number of hydrogen-bond acceptors (Lipinski definition) is 5. The maximum atomic E-state index is 8.79. The van der Waals surface area contributed by atoms with Gasteiger partial charge in [-0.05, 0) is 17.7 Å². The van der Waals surface area contributed by atoms with Gasteiger partial charge in [0.2, 0.25) is 5.95 Å². The number of benzene rings is 1. The number of nitrogens with zero attached hydrogens (tertiary/aromatic N) is 4. The second-order valence-corrected chi connectivity index (χ2v) is 5.40. The molecule has 0 bridgehead atoms. The lowest BCUT2D eigenvalue weighted by atomic mass is 10.2. The van der Waals surface area contributed by atoms with Crippen molar-refractivity contribution < 1.29 is 0 Å². The number of hydrogen-bond donors (Lipinski definition) is 1. The third kappa shape index (κ3) is 2.66. The Hall–Kier alpha value is -1.52. The van der Waals surface area contributed by atoms with Gasteiger partial charge in [0.15, 0.2) is 5.16 Å². The smallest absolute Gasteiger partial charge is 0.222 e. The van der Waals surface area contributed by atoms with E-state index in [2.05, 4.69) is 32.2 Å². The Morgan fingerprint density at radius 2 is 2.28 bits per heavy atom. The minimum Gasteiger partial charge on any atom is -0.368 e. The van der Waals surface area contributed by atoms with Gasteiger partial charge >= 0.3 is 0 Å². The Balaban J connectivity index is 2.11. The van der Waals surface area contributed by atoms with Crippen molar-refractivity contribution in [1.29, 1.82) is 5.26 Å². The van der Waals surface area contributed by atoms with Crippen molar-refractivity contribution in [3.63, 3.8) is 0 Å². The van der Waals surface area contributed by atoms with Crippen LogP contribution >= 0.6 is 27.7 Å². The predicted octanol–water partition coefficient (Wildman–Crippen LogP) is 2.32. The molecule has 0 atom stereocenters. The maximum Gasteiger partial charge on any atom is 0.222 e. The molecular formula is C11H10BrN5S. The van der Waals surface area contributed by atoms with Crippen molar-refractivity contribution in [2.24, 2.45) is 7.05 Å². The molecule has 1 aromatic heterocycles. The number of rotatable bonds is 3. The zero-order valence-corrected chi connectivity index (χ0v) is 12.0. The highest BCUT2D eigenvalue weighted by Gasteiger charge is 2.08. The molecule has 1 heterocycles. The largest absolute Gasteiger partial charge is 0.368 e. The summed E-state index contributed by atoms with van der Waals surface area (Å²) in [7, 11) is 1.82. The van der Waals surface area contributed by atoms with E-state index in [4.69, 9.17) is 11.0 Å². The summed E-state index contributed by atoms with van der Waals surface area (Å²) in [6.07, 6.45) is 0. The van der Waals surface area contributed by atoms with E-state index in [9.17, 15) is 0 Å². The average molecular weight is 324 g/mol. The van der Waals surface area contributed by atoms with Crippen molar-refractivity contribution in [2.75, 3.05) is 5.73 Å². The first kappa shape index (κ1) is 12.9. The van der Waals surface area contributed by atoms with E-state index in [1.54, 1.807) is 28.5 Å². The van der Waals surface area contributed by atoms with Crippen molar-refractivity contribution in [1.82, 2.24) is 14.8 Å². The first-order valence-electron chi connectivity index (χ1n) is 5.08. The molecule has 0 radical (unpaired) electrons. The quantitative estimate of drug-likeness (QED) is 0.877. The number of halogens is 1. The molecule has 0 amide bonds. The zero-order valence-electron chi connectivity index (χ0n) is 9.59. The van der Waals surface area contributed by atoms with Crippen LogP contribution in [-0.4, -0.2) is 14.8 Å². The van der Waals surface area contributed by atoms with E-state index >= 15 is 0 Å². The van der Waals surface area contributed by atoms with E-state index in [0.717, 1.165) is 20.9 Å². The zero-order chi connectivity index (χ0) is 13.1. The van der Waals surface area contributed by atoms with Crippen LogP contribution in [0.15, 0.2) is 27.8 Å². The Morgan fingerprint density at radius 1 is 1.50 bits per heavy atom. The molecule has 92 valence electrons. The molecule has 2 N–H and O–H groups in total. The summed E-state index contributed by atoms with van der Waals surface area (Å²) in [5, 5.41) is 17.3. The molecule has 0 aliphatic heterocycles. The van der Waals surface area contributed by atoms with Crippen LogP contribution in [0.5, 0.6) is 0 Å². The van der Waals surface area contributed by atoms with Crippen LogP contribution in [0.3, 0.4) is 0 Å². The van der Waals surface area contributed by atoms with Crippen LogP contribution in [0.2, 0.25) is 0 Å². The van der Waals surface area contributed by atoms with Gasteiger partial charge in [0.05, 0.1) is 11.6 Å². The summed E-state index contributed by atoms with van der Waals surface area (Å²) in [6, 6.07) is 7.63. The SMILES string of the molecule is Cn1c(N)nnc1SCc1ccc(C#N)cc1Br. The van der Waals surface area contributed by atoms with E-state index in [1.807, 2.05) is 13.1 Å². The van der Waals surface area contributed by atoms with Gasteiger partial charge in [-0.15, -0.1) is 10.2 Å². The summed E-state index contributed by atoms with van der Waals surface area (Å²) < 4.78 is 2.66. The highest BCUT2D eigenvalue weighted by atomic mass is 79.9. The number of nitriles is 1. The van der Waals surface area contributed by atoms with Crippen LogP contribution in [0.4, 0.5) is 5.95 Å². The van der Waals surface area contributed by atoms with Crippen LogP contribution in [0, 0.1) is 11.3 Å². The minimum atomic E-state index is 0.399. The topological polar surface area (TPSA) is 80.5 Å². The van der Waals surface area contributed by atoms with Crippen LogP contribution < -0.4 is 5.73 Å². The maximum absolute atomic E-state index is 8.79. The lowest BCUT2D eigenvalue weighted by Crippen LogP contribution is -1.98. The van der Waals surface area contributed by atoms with Crippen LogP contribution in [-0.2, 0) is 12.8 Å². The molecule has 0 fully saturated rings. The number of thioether (sulfide) groups is 1. The van der Waals surface area contributed by atoms with E-state index in [-0.39, 0.29) is 0 Å². The van der Waals surface area contributed by atoms with E-state index < -0.39 is 0 Å². The molecule has 0 spiro atoms. The van der Waals surface area contributed by atoms with Gasteiger partial charge in [-0.25, -0.2) is 0 Å². The predicted molar refractivity (Wildman–Crippen MR) is 73.8 cm³/mol. The van der Waals surface area contributed by atoms with Gasteiger partial charge in [-0.3, -0.25) is 4.57 Å². The fourth-order valence-electron chi connectivity index (χ4n) is 1.33. The number of nitrogens with two attached hydrogens (primary N) is 1. The molecule has 7 heteroatoms. The minimum absolute atomic E-state index is 0.399. The van der Waals surface area contributed by atoms with Crippen molar-refractivity contribution in [3.05, 3.63) is 33.8 Å². The Kier molecular flexibility index (Phi) is 3.89. The van der Waals surface area contributed by atoms with Crippen LogP contribution in [0.25, 0.3) is 0 Å². The number of nitrogen functional groups attached to an aromatic ring is 1. The molecule has 5 nitrogen and oxygen atoms in total. The van der Waals surface area contributed by atoms with Gasteiger partial charge in [0.1, 0.15) is 0 Å². The molecule has 2 aromatic rings. The fourth-order valence-corrected chi connectivity index (χ4v) is 2.95.